The molecule has 1 fully saturated rings. The Labute approximate surface area is 115 Å². The molecular formula is C17H24N2. The van der Waals surface area contributed by atoms with E-state index in [4.69, 9.17) is 0 Å². The lowest BCUT2D eigenvalue weighted by atomic mass is 9.99. The van der Waals surface area contributed by atoms with Crippen LogP contribution < -0.4 is 5.32 Å². The molecule has 1 aliphatic carbocycles. The fourth-order valence-electron chi connectivity index (χ4n) is 2.63. The Bertz CT molecular complexity index is 549. The summed E-state index contributed by atoms with van der Waals surface area (Å²) in [6, 6.07) is 7.65. The molecule has 0 spiro atoms. The Morgan fingerprint density at radius 2 is 2.16 bits per heavy atom. The number of aromatic amines is 1. The van der Waals surface area contributed by atoms with E-state index in [0.29, 0.717) is 5.92 Å². The zero-order valence-electron chi connectivity index (χ0n) is 12.0. The van der Waals surface area contributed by atoms with Gasteiger partial charge in [0, 0.05) is 23.1 Å². The highest BCUT2D eigenvalue weighted by Gasteiger charge is 2.19. The highest BCUT2D eigenvalue weighted by atomic mass is 14.9. The fraction of sp³-hybridized carbons (Fsp3) is 0.529. The first-order chi connectivity index (χ1) is 9.24. The van der Waals surface area contributed by atoms with Gasteiger partial charge in [-0.2, -0.15) is 0 Å². The molecule has 3 rings (SSSR count). The maximum absolute atomic E-state index is 3.59. The second kappa shape index (κ2) is 5.38. The smallest absolute Gasteiger partial charge is 0.0456 e. The molecule has 2 aromatic rings. The first kappa shape index (κ1) is 12.7. The topological polar surface area (TPSA) is 27.8 Å². The van der Waals surface area contributed by atoms with E-state index in [2.05, 4.69) is 48.5 Å². The summed E-state index contributed by atoms with van der Waals surface area (Å²) in [5.74, 6) is 0.601. The van der Waals surface area contributed by atoms with E-state index in [0.717, 1.165) is 12.6 Å². The maximum Gasteiger partial charge on any atom is 0.0456 e. The highest BCUT2D eigenvalue weighted by molar-refractivity contribution is 5.84. The second-order valence-electron chi connectivity index (χ2n) is 6.11. The van der Waals surface area contributed by atoms with Crippen LogP contribution in [-0.4, -0.2) is 17.6 Å². The Morgan fingerprint density at radius 3 is 2.89 bits per heavy atom. The molecule has 0 amide bonds. The lowest BCUT2D eigenvalue weighted by Gasteiger charge is -2.06. The minimum Gasteiger partial charge on any atom is -0.361 e. The SMILES string of the molecule is CC(C)c1ccc2[nH]cc(CCCNC3CC3)c2c1. The summed E-state index contributed by atoms with van der Waals surface area (Å²) in [5.41, 5.74) is 4.18. The Hall–Kier alpha value is -1.28. The van der Waals surface area contributed by atoms with E-state index >= 15 is 0 Å². The number of aromatic nitrogens is 1. The third-order valence-electron chi connectivity index (χ3n) is 4.09. The van der Waals surface area contributed by atoms with Crippen LogP contribution in [0.25, 0.3) is 10.9 Å². The molecule has 2 nitrogen and oxygen atoms in total. The molecule has 102 valence electrons. The van der Waals surface area contributed by atoms with Gasteiger partial charge >= 0.3 is 0 Å². The van der Waals surface area contributed by atoms with Crippen LogP contribution in [0.5, 0.6) is 0 Å². The molecule has 0 saturated heterocycles. The average molecular weight is 256 g/mol. The van der Waals surface area contributed by atoms with Crippen molar-refractivity contribution in [3.8, 4) is 0 Å². The summed E-state index contributed by atoms with van der Waals surface area (Å²) in [5, 5.41) is 5.00. The van der Waals surface area contributed by atoms with Crippen molar-refractivity contribution in [2.24, 2.45) is 0 Å². The molecule has 19 heavy (non-hydrogen) atoms. The van der Waals surface area contributed by atoms with Gasteiger partial charge in [0.15, 0.2) is 0 Å². The molecule has 0 bridgehead atoms. The van der Waals surface area contributed by atoms with Gasteiger partial charge in [-0.05, 0) is 61.4 Å². The highest BCUT2D eigenvalue weighted by Crippen LogP contribution is 2.25. The average Bonchev–Trinajstić information content (AvgIpc) is 3.14. The van der Waals surface area contributed by atoms with Crippen LogP contribution in [0.4, 0.5) is 0 Å². The summed E-state index contributed by atoms with van der Waals surface area (Å²) in [6.07, 6.45) is 7.35. The lowest BCUT2D eigenvalue weighted by molar-refractivity contribution is 0.646. The first-order valence-corrected chi connectivity index (χ1v) is 7.57. The molecule has 1 aromatic carbocycles. The van der Waals surface area contributed by atoms with Crippen molar-refractivity contribution in [1.82, 2.24) is 10.3 Å². The third-order valence-corrected chi connectivity index (χ3v) is 4.09. The number of fused-ring (bicyclic) bond motifs is 1. The Balaban J connectivity index is 1.68. The van der Waals surface area contributed by atoms with Crippen LogP contribution in [0, 0.1) is 0 Å². The third kappa shape index (κ3) is 3.01. The van der Waals surface area contributed by atoms with E-state index in [9.17, 15) is 0 Å². The lowest BCUT2D eigenvalue weighted by Crippen LogP contribution is -2.17. The van der Waals surface area contributed by atoms with Crippen LogP contribution in [-0.2, 0) is 6.42 Å². The summed E-state index contributed by atoms with van der Waals surface area (Å²) in [4.78, 5) is 3.40. The summed E-state index contributed by atoms with van der Waals surface area (Å²) >= 11 is 0. The van der Waals surface area contributed by atoms with E-state index in [1.165, 1.54) is 47.7 Å². The molecule has 0 unspecified atom stereocenters. The molecule has 1 aromatic heterocycles. The number of aryl methyl sites for hydroxylation is 1. The van der Waals surface area contributed by atoms with Crippen molar-refractivity contribution in [3.63, 3.8) is 0 Å². The molecule has 1 saturated carbocycles. The summed E-state index contributed by atoms with van der Waals surface area (Å²) < 4.78 is 0. The van der Waals surface area contributed by atoms with Gasteiger partial charge < -0.3 is 10.3 Å². The molecule has 1 heterocycles. The maximum atomic E-state index is 3.59. The van der Waals surface area contributed by atoms with Gasteiger partial charge in [-0.3, -0.25) is 0 Å². The number of hydrogen-bond donors (Lipinski definition) is 2. The largest absolute Gasteiger partial charge is 0.361 e. The van der Waals surface area contributed by atoms with Crippen molar-refractivity contribution >= 4 is 10.9 Å². The van der Waals surface area contributed by atoms with Gasteiger partial charge in [0.05, 0.1) is 0 Å². The van der Waals surface area contributed by atoms with Crippen LogP contribution >= 0.6 is 0 Å². The van der Waals surface area contributed by atoms with Crippen molar-refractivity contribution < 1.29 is 0 Å². The van der Waals surface area contributed by atoms with Crippen molar-refractivity contribution in [2.75, 3.05) is 6.54 Å². The minimum atomic E-state index is 0.601. The Kier molecular flexibility index (Phi) is 3.61. The van der Waals surface area contributed by atoms with Crippen molar-refractivity contribution in [1.29, 1.82) is 0 Å². The monoisotopic (exact) mass is 256 g/mol. The Morgan fingerprint density at radius 1 is 1.32 bits per heavy atom. The standard InChI is InChI=1S/C17H24N2/c1-12(2)13-5-8-17-16(10-13)14(11-19-17)4-3-9-18-15-6-7-15/h5,8,10-12,15,18-19H,3-4,6-7,9H2,1-2H3. The number of H-pyrrole nitrogens is 1. The van der Waals surface area contributed by atoms with E-state index in [1.807, 2.05) is 0 Å². The molecular weight excluding hydrogens is 232 g/mol. The number of benzene rings is 1. The number of nitrogens with one attached hydrogen (secondary N) is 2. The normalized spacial score (nSPS) is 15.5. The summed E-state index contributed by atoms with van der Waals surface area (Å²) in [6.45, 7) is 5.67. The fourth-order valence-corrected chi connectivity index (χ4v) is 2.63. The van der Waals surface area contributed by atoms with Gasteiger partial charge in [-0.1, -0.05) is 19.9 Å². The molecule has 0 aliphatic heterocycles. The van der Waals surface area contributed by atoms with Crippen LogP contribution in [0.3, 0.4) is 0 Å². The van der Waals surface area contributed by atoms with Gasteiger partial charge in [0.25, 0.3) is 0 Å². The van der Waals surface area contributed by atoms with Crippen LogP contribution in [0.2, 0.25) is 0 Å². The summed E-state index contributed by atoms with van der Waals surface area (Å²) in [7, 11) is 0. The van der Waals surface area contributed by atoms with Gasteiger partial charge in [-0.15, -0.1) is 0 Å². The quantitative estimate of drug-likeness (QED) is 0.752. The predicted octanol–water partition coefficient (Wildman–Crippen LogP) is 3.98. The molecule has 2 heteroatoms. The van der Waals surface area contributed by atoms with E-state index < -0.39 is 0 Å². The predicted molar refractivity (Wildman–Crippen MR) is 81.7 cm³/mol. The van der Waals surface area contributed by atoms with E-state index in [1.54, 1.807) is 0 Å². The number of hydrogen-bond acceptors (Lipinski definition) is 1. The van der Waals surface area contributed by atoms with Crippen molar-refractivity contribution in [2.45, 2.75) is 51.5 Å². The van der Waals surface area contributed by atoms with Crippen molar-refractivity contribution in [3.05, 3.63) is 35.5 Å². The first-order valence-electron chi connectivity index (χ1n) is 7.57. The zero-order valence-corrected chi connectivity index (χ0v) is 12.0. The number of rotatable bonds is 6. The molecule has 2 N–H and O–H groups in total. The van der Waals surface area contributed by atoms with E-state index in [-0.39, 0.29) is 0 Å². The second-order valence-corrected chi connectivity index (χ2v) is 6.11. The van der Waals surface area contributed by atoms with Gasteiger partial charge in [0.2, 0.25) is 0 Å². The molecule has 1 aliphatic rings. The minimum absolute atomic E-state index is 0.601. The van der Waals surface area contributed by atoms with Crippen LogP contribution in [0.1, 0.15) is 50.2 Å². The molecule has 0 radical (unpaired) electrons. The zero-order chi connectivity index (χ0) is 13.2. The van der Waals surface area contributed by atoms with Gasteiger partial charge in [-0.25, -0.2) is 0 Å². The molecule has 0 atom stereocenters. The van der Waals surface area contributed by atoms with Gasteiger partial charge in [0.1, 0.15) is 0 Å². The van der Waals surface area contributed by atoms with Crippen LogP contribution in [0.15, 0.2) is 24.4 Å².